The fourth-order valence-electron chi connectivity index (χ4n) is 1.75. The molecular formula is C14H10F3N3O2S. The molecule has 0 saturated heterocycles. The number of aromatic nitrogens is 3. The van der Waals surface area contributed by atoms with Crippen molar-refractivity contribution in [3.63, 3.8) is 0 Å². The summed E-state index contributed by atoms with van der Waals surface area (Å²) >= 11 is -1.79. The Labute approximate surface area is 132 Å². The van der Waals surface area contributed by atoms with Crippen LogP contribution in [0.15, 0.2) is 34.3 Å². The van der Waals surface area contributed by atoms with Gasteiger partial charge in [0, 0.05) is 29.0 Å². The molecule has 0 saturated carbocycles. The van der Waals surface area contributed by atoms with Crippen molar-refractivity contribution >= 4 is 11.2 Å². The Bertz CT molecular complexity index is 825. The Balaban J connectivity index is 2.63. The summed E-state index contributed by atoms with van der Waals surface area (Å²) in [6, 6.07) is 3.22. The summed E-state index contributed by atoms with van der Waals surface area (Å²) in [5, 5.41) is -0.440. The van der Waals surface area contributed by atoms with Gasteiger partial charge in [0.1, 0.15) is 6.26 Å². The zero-order valence-corrected chi connectivity index (χ0v) is 12.6. The lowest BCUT2D eigenvalue weighted by Gasteiger charge is -2.11. The van der Waals surface area contributed by atoms with E-state index in [4.69, 9.17) is 6.42 Å². The Morgan fingerprint density at radius 2 is 2.09 bits per heavy atom. The topological polar surface area (TPSA) is 70.8 Å². The minimum atomic E-state index is -4.71. The van der Waals surface area contributed by atoms with Crippen LogP contribution in [0, 0.1) is 12.3 Å². The van der Waals surface area contributed by atoms with E-state index in [-0.39, 0.29) is 17.8 Å². The predicted molar refractivity (Wildman–Crippen MR) is 77.9 cm³/mol. The van der Waals surface area contributed by atoms with E-state index in [0.29, 0.717) is 0 Å². The lowest BCUT2D eigenvalue weighted by atomic mass is 10.2. The van der Waals surface area contributed by atoms with E-state index < -0.39 is 33.8 Å². The Hall–Kier alpha value is -2.31. The van der Waals surface area contributed by atoms with Gasteiger partial charge in [-0.1, -0.05) is 5.92 Å². The molecule has 1 unspecified atom stereocenters. The van der Waals surface area contributed by atoms with Crippen LogP contribution in [0.3, 0.4) is 0 Å². The lowest BCUT2D eigenvalue weighted by Crippen LogP contribution is -2.18. The van der Waals surface area contributed by atoms with Crippen LogP contribution in [0.4, 0.5) is 13.2 Å². The van der Waals surface area contributed by atoms with Crippen LogP contribution >= 0.6 is 0 Å². The molecule has 0 spiro atoms. The van der Waals surface area contributed by atoms with Gasteiger partial charge in [-0.3, -0.25) is 4.79 Å². The molecule has 120 valence electrons. The number of pyridine rings is 1. The maximum Gasteiger partial charge on any atom is 0.433 e. The highest BCUT2D eigenvalue weighted by molar-refractivity contribution is 7.90. The summed E-state index contributed by atoms with van der Waals surface area (Å²) in [5.41, 5.74) is -1.46. The third kappa shape index (κ3) is 3.91. The average molecular weight is 341 g/mol. The molecule has 2 aromatic rings. The van der Waals surface area contributed by atoms with Crippen LogP contribution in [0.25, 0.3) is 11.3 Å². The number of rotatable bonds is 3. The summed E-state index contributed by atoms with van der Waals surface area (Å²) in [4.78, 5) is 18.7. The molecule has 0 fully saturated rings. The first-order chi connectivity index (χ1) is 10.7. The maximum absolute atomic E-state index is 12.9. The molecule has 0 aliphatic rings. The van der Waals surface area contributed by atoms with Crippen LogP contribution in [0.1, 0.15) is 5.69 Å². The van der Waals surface area contributed by atoms with E-state index in [1.807, 2.05) is 0 Å². The van der Waals surface area contributed by atoms with Gasteiger partial charge in [0.15, 0.2) is 5.69 Å². The van der Waals surface area contributed by atoms with Crippen LogP contribution in [0.2, 0.25) is 0 Å². The van der Waals surface area contributed by atoms with Crippen molar-refractivity contribution in [1.82, 2.24) is 14.5 Å². The Kier molecular flexibility index (Phi) is 4.77. The Morgan fingerprint density at radius 1 is 1.39 bits per heavy atom. The first-order valence-electron chi connectivity index (χ1n) is 6.16. The highest BCUT2D eigenvalue weighted by Crippen LogP contribution is 2.30. The van der Waals surface area contributed by atoms with Crippen molar-refractivity contribution in [2.45, 2.75) is 17.9 Å². The molecule has 0 aromatic carbocycles. The summed E-state index contributed by atoms with van der Waals surface area (Å²) in [6.07, 6.45) is 2.91. The van der Waals surface area contributed by atoms with Crippen LogP contribution in [0.5, 0.6) is 0 Å². The maximum atomic E-state index is 12.9. The van der Waals surface area contributed by atoms with Crippen molar-refractivity contribution in [1.29, 1.82) is 0 Å². The molecule has 23 heavy (non-hydrogen) atoms. The number of hydrogen-bond acceptors (Lipinski definition) is 4. The Morgan fingerprint density at radius 3 is 2.65 bits per heavy atom. The molecule has 2 aromatic heterocycles. The van der Waals surface area contributed by atoms with Gasteiger partial charge in [0.25, 0.3) is 5.56 Å². The molecule has 1 atom stereocenters. The normalized spacial score (nSPS) is 12.7. The molecule has 0 aliphatic carbocycles. The van der Waals surface area contributed by atoms with E-state index in [1.165, 1.54) is 24.6 Å². The van der Waals surface area contributed by atoms with Crippen molar-refractivity contribution in [2.75, 3.05) is 6.26 Å². The van der Waals surface area contributed by atoms with E-state index in [9.17, 15) is 22.5 Å². The van der Waals surface area contributed by atoms with Crippen molar-refractivity contribution in [3.05, 3.63) is 40.4 Å². The molecule has 0 amide bonds. The zero-order valence-electron chi connectivity index (χ0n) is 11.8. The van der Waals surface area contributed by atoms with Gasteiger partial charge in [-0.15, -0.1) is 6.42 Å². The number of terminal acetylenes is 1. The number of halogens is 3. The fraction of sp³-hybridized carbons (Fsp3) is 0.214. The van der Waals surface area contributed by atoms with Crippen molar-refractivity contribution in [2.24, 2.45) is 0 Å². The molecule has 0 N–H and O–H groups in total. The second kappa shape index (κ2) is 6.44. The fourth-order valence-corrected chi connectivity index (χ4v) is 2.21. The zero-order chi connectivity index (χ0) is 17.2. The van der Waals surface area contributed by atoms with Gasteiger partial charge in [0.05, 0.1) is 12.2 Å². The molecule has 0 bridgehead atoms. The molecular weight excluding hydrogens is 331 g/mol. The largest absolute Gasteiger partial charge is 0.609 e. The quantitative estimate of drug-likeness (QED) is 0.484. The molecule has 2 heterocycles. The molecule has 2 rings (SSSR count). The first-order valence-corrected chi connectivity index (χ1v) is 7.72. The molecule has 0 radical (unpaired) electrons. The van der Waals surface area contributed by atoms with Gasteiger partial charge in [-0.25, -0.2) is 0 Å². The number of nitrogens with zero attached hydrogens (tertiary/aromatic N) is 3. The van der Waals surface area contributed by atoms with Gasteiger partial charge in [-0.05, 0) is 12.1 Å². The third-order valence-corrected chi connectivity index (χ3v) is 3.49. The van der Waals surface area contributed by atoms with Crippen LogP contribution < -0.4 is 5.56 Å². The summed E-state index contributed by atoms with van der Waals surface area (Å²) in [7, 11) is 0. The van der Waals surface area contributed by atoms with E-state index in [2.05, 4.69) is 15.9 Å². The summed E-state index contributed by atoms with van der Waals surface area (Å²) in [5.74, 6) is 2.27. The third-order valence-electron chi connectivity index (χ3n) is 2.79. The van der Waals surface area contributed by atoms with E-state index in [1.54, 1.807) is 0 Å². The first kappa shape index (κ1) is 17.1. The summed E-state index contributed by atoms with van der Waals surface area (Å²) in [6.45, 7) is -0.0313. The number of alkyl halides is 3. The summed E-state index contributed by atoms with van der Waals surface area (Å²) < 4.78 is 51.4. The monoisotopic (exact) mass is 341 g/mol. The van der Waals surface area contributed by atoms with Gasteiger partial charge >= 0.3 is 11.3 Å². The van der Waals surface area contributed by atoms with E-state index in [0.717, 1.165) is 10.6 Å². The smallest absolute Gasteiger partial charge is 0.433 e. The highest BCUT2D eigenvalue weighted by Gasteiger charge is 2.35. The van der Waals surface area contributed by atoms with E-state index >= 15 is 0 Å². The van der Waals surface area contributed by atoms with Crippen LogP contribution in [-0.4, -0.2) is 25.3 Å². The second-order valence-electron chi connectivity index (χ2n) is 4.46. The minimum absolute atomic E-state index is 0.0313. The average Bonchev–Trinajstić information content (AvgIpc) is 2.48. The van der Waals surface area contributed by atoms with Crippen molar-refractivity contribution < 1.29 is 17.7 Å². The predicted octanol–water partition coefficient (Wildman–Crippen LogP) is 1.69. The van der Waals surface area contributed by atoms with Gasteiger partial charge in [0.2, 0.25) is 0 Å². The molecule has 5 nitrogen and oxygen atoms in total. The lowest BCUT2D eigenvalue weighted by molar-refractivity contribution is -0.141. The minimum Gasteiger partial charge on any atom is -0.609 e. The number of hydrogen-bond donors (Lipinski definition) is 0. The highest BCUT2D eigenvalue weighted by atomic mass is 32.2. The standard InChI is InChI=1S/C14H10F3N3O2S/c1-3-6-20-8-9(4-5-12(20)21)10-7-11(14(15,16)17)19-13(18-10)23(2)22/h1,4-5,7-8H,6H2,2H3. The van der Waals surface area contributed by atoms with Crippen LogP contribution in [-0.2, 0) is 23.9 Å². The molecule has 0 aliphatic heterocycles. The SMILES string of the molecule is C#CCn1cc(-c2cc(C(F)(F)F)nc([S+](C)[O-])n2)ccc1=O. The van der Waals surface area contributed by atoms with Gasteiger partial charge in [-0.2, -0.15) is 23.1 Å². The van der Waals surface area contributed by atoms with Crippen molar-refractivity contribution in [3.8, 4) is 23.6 Å². The molecule has 9 heteroatoms. The van der Waals surface area contributed by atoms with Gasteiger partial charge < -0.3 is 9.12 Å². The second-order valence-corrected chi connectivity index (χ2v) is 5.73.